The highest BCUT2D eigenvalue weighted by Crippen LogP contribution is 2.29. The number of carbonyl (C=O) groups excluding carboxylic acids is 1. The van der Waals surface area contributed by atoms with Gasteiger partial charge in [-0.15, -0.1) is 0 Å². The molecule has 2 heterocycles. The molecule has 142 valence electrons. The second kappa shape index (κ2) is 8.77. The molecular weight excluding hydrogens is 375 g/mol. The summed E-state index contributed by atoms with van der Waals surface area (Å²) in [6.07, 6.45) is -0.0416. The Bertz CT molecular complexity index is 670. The molecule has 2 saturated heterocycles. The van der Waals surface area contributed by atoms with Crippen LogP contribution in [0.5, 0.6) is 0 Å². The molecule has 0 bridgehead atoms. The van der Waals surface area contributed by atoms with E-state index in [2.05, 4.69) is 15.5 Å². The third-order valence-corrected chi connectivity index (χ3v) is 5.74. The van der Waals surface area contributed by atoms with Crippen molar-refractivity contribution in [2.24, 2.45) is 0 Å². The summed E-state index contributed by atoms with van der Waals surface area (Å²) in [5.41, 5.74) is 1.13. The number of benzene rings is 1. The van der Waals surface area contributed by atoms with Crippen LogP contribution < -0.4 is 20.4 Å². The summed E-state index contributed by atoms with van der Waals surface area (Å²) in [5.74, 6) is 1.71. The van der Waals surface area contributed by atoms with Crippen molar-refractivity contribution in [1.29, 1.82) is 0 Å². The van der Waals surface area contributed by atoms with Crippen LogP contribution in [0.3, 0.4) is 0 Å². The van der Waals surface area contributed by atoms with Gasteiger partial charge in [-0.25, -0.2) is 9.18 Å². The van der Waals surface area contributed by atoms with Gasteiger partial charge in [-0.3, -0.25) is 4.90 Å². The Morgan fingerprint density at radius 1 is 1.42 bits per heavy atom. The van der Waals surface area contributed by atoms with Gasteiger partial charge in [0.1, 0.15) is 11.9 Å². The van der Waals surface area contributed by atoms with E-state index >= 15 is 0 Å². The molecule has 2 aliphatic rings. The molecule has 0 radical (unpaired) electrons. The molecule has 9 heteroatoms. The van der Waals surface area contributed by atoms with E-state index < -0.39 is 6.09 Å². The molecule has 1 aromatic carbocycles. The SMILES string of the molecule is CNC(=S)NCCC1CN(c2ccc(N3CCSCC3)c(F)c2)C(=O)O1. The third-order valence-electron chi connectivity index (χ3n) is 4.45. The van der Waals surface area contributed by atoms with Crippen molar-refractivity contribution < 1.29 is 13.9 Å². The Morgan fingerprint density at radius 3 is 2.88 bits per heavy atom. The van der Waals surface area contributed by atoms with Gasteiger partial charge in [0.15, 0.2) is 5.11 Å². The van der Waals surface area contributed by atoms with Crippen molar-refractivity contribution in [2.75, 3.05) is 54.5 Å². The average Bonchev–Trinajstić information content (AvgIpc) is 3.02. The number of ether oxygens (including phenoxy) is 1. The predicted molar refractivity (Wildman–Crippen MR) is 108 cm³/mol. The molecule has 0 saturated carbocycles. The Morgan fingerprint density at radius 2 is 2.19 bits per heavy atom. The van der Waals surface area contributed by atoms with Crippen LogP contribution in [0.15, 0.2) is 18.2 Å². The summed E-state index contributed by atoms with van der Waals surface area (Å²) in [6, 6.07) is 4.97. The Hall–Kier alpha value is -1.74. The van der Waals surface area contributed by atoms with E-state index in [1.54, 1.807) is 19.2 Å². The Kier molecular flexibility index (Phi) is 6.42. The third kappa shape index (κ3) is 4.50. The number of amides is 1. The first kappa shape index (κ1) is 19.0. The number of halogens is 1. The van der Waals surface area contributed by atoms with Gasteiger partial charge in [0.2, 0.25) is 0 Å². The van der Waals surface area contributed by atoms with Crippen LogP contribution in [0, 0.1) is 5.82 Å². The number of cyclic esters (lactones) is 1. The molecular formula is C17H23FN4O2S2. The maximum absolute atomic E-state index is 14.6. The molecule has 1 aromatic rings. The molecule has 1 unspecified atom stereocenters. The monoisotopic (exact) mass is 398 g/mol. The maximum Gasteiger partial charge on any atom is 0.414 e. The highest BCUT2D eigenvalue weighted by Gasteiger charge is 2.32. The molecule has 1 amide bonds. The zero-order chi connectivity index (χ0) is 18.5. The highest BCUT2D eigenvalue weighted by molar-refractivity contribution is 7.99. The van der Waals surface area contributed by atoms with Crippen molar-refractivity contribution >= 4 is 46.6 Å². The smallest absolute Gasteiger partial charge is 0.414 e. The lowest BCUT2D eigenvalue weighted by Crippen LogP contribution is -2.35. The van der Waals surface area contributed by atoms with E-state index in [0.29, 0.717) is 36.0 Å². The molecule has 0 spiro atoms. The van der Waals surface area contributed by atoms with Crippen LogP contribution in [0.2, 0.25) is 0 Å². The van der Waals surface area contributed by atoms with Gasteiger partial charge in [-0.2, -0.15) is 11.8 Å². The normalized spacial score (nSPS) is 20.1. The second-order valence-electron chi connectivity index (χ2n) is 6.15. The summed E-state index contributed by atoms with van der Waals surface area (Å²) in [6.45, 7) is 2.70. The van der Waals surface area contributed by atoms with Gasteiger partial charge in [-0.05, 0) is 30.4 Å². The van der Waals surface area contributed by atoms with Crippen LogP contribution in [-0.4, -0.2) is 62.0 Å². The zero-order valence-corrected chi connectivity index (χ0v) is 16.3. The van der Waals surface area contributed by atoms with Crippen molar-refractivity contribution in [3.63, 3.8) is 0 Å². The molecule has 3 rings (SSSR count). The number of nitrogens with one attached hydrogen (secondary N) is 2. The van der Waals surface area contributed by atoms with E-state index in [9.17, 15) is 9.18 Å². The van der Waals surface area contributed by atoms with Gasteiger partial charge in [0, 0.05) is 44.6 Å². The van der Waals surface area contributed by atoms with Crippen LogP contribution in [0.4, 0.5) is 20.6 Å². The quantitative estimate of drug-likeness (QED) is 0.738. The van der Waals surface area contributed by atoms with Gasteiger partial charge < -0.3 is 20.3 Å². The number of hydrogen-bond donors (Lipinski definition) is 2. The maximum atomic E-state index is 14.6. The molecule has 2 aliphatic heterocycles. The number of anilines is 2. The van der Waals surface area contributed by atoms with Crippen LogP contribution in [-0.2, 0) is 4.74 Å². The van der Waals surface area contributed by atoms with E-state index in [1.807, 2.05) is 11.8 Å². The number of nitrogens with zero attached hydrogens (tertiary/aromatic N) is 2. The Labute approximate surface area is 162 Å². The largest absolute Gasteiger partial charge is 0.444 e. The van der Waals surface area contributed by atoms with Gasteiger partial charge in [0.25, 0.3) is 0 Å². The summed E-state index contributed by atoms with van der Waals surface area (Å²) in [7, 11) is 1.74. The van der Waals surface area contributed by atoms with Crippen molar-refractivity contribution in [3.05, 3.63) is 24.0 Å². The Balaban J connectivity index is 1.60. The topological polar surface area (TPSA) is 56.8 Å². The second-order valence-corrected chi connectivity index (χ2v) is 7.78. The molecule has 2 fully saturated rings. The van der Waals surface area contributed by atoms with Gasteiger partial charge in [0.05, 0.1) is 17.9 Å². The first-order valence-electron chi connectivity index (χ1n) is 8.64. The van der Waals surface area contributed by atoms with Crippen LogP contribution in [0.1, 0.15) is 6.42 Å². The van der Waals surface area contributed by atoms with E-state index in [4.69, 9.17) is 17.0 Å². The molecule has 0 aliphatic carbocycles. The fraction of sp³-hybridized carbons (Fsp3) is 0.529. The minimum atomic E-state index is -0.437. The lowest BCUT2D eigenvalue weighted by Gasteiger charge is -2.29. The minimum absolute atomic E-state index is 0.239. The summed E-state index contributed by atoms with van der Waals surface area (Å²) in [5, 5.41) is 6.41. The first-order chi connectivity index (χ1) is 12.6. The van der Waals surface area contributed by atoms with Crippen molar-refractivity contribution in [3.8, 4) is 0 Å². The summed E-state index contributed by atoms with van der Waals surface area (Å²) >= 11 is 6.89. The molecule has 0 aromatic heterocycles. The van der Waals surface area contributed by atoms with Crippen LogP contribution in [0.25, 0.3) is 0 Å². The predicted octanol–water partition coefficient (Wildman–Crippen LogP) is 2.19. The zero-order valence-electron chi connectivity index (χ0n) is 14.7. The number of hydrogen-bond acceptors (Lipinski definition) is 5. The standard InChI is InChI=1S/C17H23FN4O2S2/c1-19-16(25)20-5-4-13-11-22(17(23)24-13)12-2-3-15(14(18)10-12)21-6-8-26-9-7-21/h2-3,10,13H,4-9,11H2,1H3,(H2,19,20,25). The molecule has 1 atom stereocenters. The van der Waals surface area contributed by atoms with E-state index in [1.165, 1.54) is 11.0 Å². The van der Waals surface area contributed by atoms with Gasteiger partial charge >= 0.3 is 6.09 Å². The highest BCUT2D eigenvalue weighted by atomic mass is 32.2. The number of rotatable bonds is 5. The summed E-state index contributed by atoms with van der Waals surface area (Å²) in [4.78, 5) is 15.7. The van der Waals surface area contributed by atoms with Crippen LogP contribution >= 0.6 is 24.0 Å². The first-order valence-corrected chi connectivity index (χ1v) is 10.2. The fourth-order valence-electron chi connectivity index (χ4n) is 3.04. The lowest BCUT2D eigenvalue weighted by molar-refractivity contribution is 0.137. The fourth-order valence-corrected chi connectivity index (χ4v) is 4.05. The summed E-state index contributed by atoms with van der Waals surface area (Å²) < 4.78 is 20.0. The van der Waals surface area contributed by atoms with Crippen molar-refractivity contribution in [1.82, 2.24) is 10.6 Å². The average molecular weight is 399 g/mol. The van der Waals surface area contributed by atoms with Crippen molar-refractivity contribution in [2.45, 2.75) is 12.5 Å². The lowest BCUT2D eigenvalue weighted by atomic mass is 10.2. The molecule has 2 N–H and O–H groups in total. The number of thioether (sulfide) groups is 1. The van der Waals surface area contributed by atoms with E-state index in [-0.39, 0.29) is 11.9 Å². The molecule has 26 heavy (non-hydrogen) atoms. The minimum Gasteiger partial charge on any atom is -0.444 e. The van der Waals surface area contributed by atoms with E-state index in [0.717, 1.165) is 24.6 Å². The number of carbonyl (C=O) groups is 1. The van der Waals surface area contributed by atoms with Gasteiger partial charge in [-0.1, -0.05) is 0 Å². The molecule has 6 nitrogen and oxygen atoms in total. The number of thiocarbonyl (C=S) groups is 1.